The smallest absolute Gasteiger partial charge is 0.231 e. The summed E-state index contributed by atoms with van der Waals surface area (Å²) in [6, 6.07) is 27.8. The maximum absolute atomic E-state index is 13.0. The van der Waals surface area contributed by atoms with Gasteiger partial charge in [0, 0.05) is 17.3 Å². The minimum atomic E-state index is -0.266. The molecule has 1 atom stereocenters. The van der Waals surface area contributed by atoms with Gasteiger partial charge in [0.25, 0.3) is 0 Å². The van der Waals surface area contributed by atoms with E-state index >= 15 is 0 Å². The molecular formula is C25H20N4OS2. The molecule has 1 unspecified atom stereocenters. The third kappa shape index (κ3) is 4.30. The molecular weight excluding hydrogens is 436 g/mol. The fourth-order valence-electron chi connectivity index (χ4n) is 3.57. The zero-order chi connectivity index (χ0) is 21.8. The molecule has 2 aromatic heterocycles. The largest absolute Gasteiger partial charge is 0.342 e. The Morgan fingerprint density at radius 1 is 0.969 bits per heavy atom. The van der Waals surface area contributed by atoms with Gasteiger partial charge in [-0.1, -0.05) is 72.4 Å². The molecule has 158 valence electrons. The van der Waals surface area contributed by atoms with Crippen LogP contribution in [0.2, 0.25) is 0 Å². The number of fused-ring (bicyclic) bond motifs is 1. The molecule has 0 saturated heterocycles. The molecule has 0 bridgehead atoms. The molecule has 5 nitrogen and oxygen atoms in total. The van der Waals surface area contributed by atoms with E-state index in [4.69, 9.17) is 4.98 Å². The molecule has 0 fully saturated rings. The fourth-order valence-corrected chi connectivity index (χ4v) is 5.12. The highest BCUT2D eigenvalue weighted by Gasteiger charge is 2.20. The van der Waals surface area contributed by atoms with Gasteiger partial charge in [0.2, 0.25) is 5.91 Å². The minimum Gasteiger partial charge on any atom is -0.342 e. The van der Waals surface area contributed by atoms with Crippen LogP contribution in [0.25, 0.3) is 16.7 Å². The summed E-state index contributed by atoms with van der Waals surface area (Å²) in [6.45, 7) is 0. The molecule has 32 heavy (non-hydrogen) atoms. The summed E-state index contributed by atoms with van der Waals surface area (Å²) >= 11 is 2.97. The van der Waals surface area contributed by atoms with Crippen LogP contribution in [0.15, 0.2) is 102 Å². The SMILES string of the molecule is O=C(CSc1nc2ccccc2n1-c1ccccc1)NC(c1ccccc1)c1nccs1. The van der Waals surface area contributed by atoms with E-state index in [1.807, 2.05) is 90.3 Å². The van der Waals surface area contributed by atoms with Gasteiger partial charge < -0.3 is 5.32 Å². The van der Waals surface area contributed by atoms with Gasteiger partial charge in [0.1, 0.15) is 11.0 Å². The zero-order valence-corrected chi connectivity index (χ0v) is 18.7. The predicted octanol–water partition coefficient (Wildman–Crippen LogP) is 5.48. The molecule has 0 spiro atoms. The van der Waals surface area contributed by atoms with Crippen LogP contribution in [0.1, 0.15) is 16.6 Å². The van der Waals surface area contributed by atoms with Gasteiger partial charge in [0.15, 0.2) is 5.16 Å². The summed E-state index contributed by atoms with van der Waals surface area (Å²) in [5.41, 5.74) is 3.96. The Kier molecular flexibility index (Phi) is 6.00. The predicted molar refractivity (Wildman–Crippen MR) is 130 cm³/mol. The second-order valence-corrected chi connectivity index (χ2v) is 8.99. The average Bonchev–Trinajstić information content (AvgIpc) is 3.50. The topological polar surface area (TPSA) is 59.8 Å². The lowest BCUT2D eigenvalue weighted by atomic mass is 10.1. The number of thioether (sulfide) groups is 1. The number of nitrogens with one attached hydrogen (secondary N) is 1. The summed E-state index contributed by atoms with van der Waals surface area (Å²) < 4.78 is 2.10. The third-order valence-electron chi connectivity index (χ3n) is 5.01. The van der Waals surface area contributed by atoms with Crippen LogP contribution in [-0.2, 0) is 4.79 Å². The molecule has 3 aromatic carbocycles. The molecule has 2 heterocycles. The zero-order valence-electron chi connectivity index (χ0n) is 17.1. The van der Waals surface area contributed by atoms with Gasteiger partial charge in [-0.3, -0.25) is 9.36 Å². The Bertz CT molecular complexity index is 1320. The van der Waals surface area contributed by atoms with Crippen molar-refractivity contribution in [3.05, 3.63) is 107 Å². The number of aromatic nitrogens is 3. The van der Waals surface area contributed by atoms with E-state index in [0.29, 0.717) is 0 Å². The van der Waals surface area contributed by atoms with Gasteiger partial charge in [-0.25, -0.2) is 9.97 Å². The van der Waals surface area contributed by atoms with E-state index in [9.17, 15) is 4.79 Å². The van der Waals surface area contributed by atoms with Crippen molar-refractivity contribution in [3.63, 3.8) is 0 Å². The second-order valence-electron chi connectivity index (χ2n) is 7.12. The van der Waals surface area contributed by atoms with Crippen molar-refractivity contribution in [1.29, 1.82) is 0 Å². The molecule has 0 aliphatic heterocycles. The Morgan fingerprint density at radius 3 is 2.44 bits per heavy atom. The van der Waals surface area contributed by atoms with Crippen LogP contribution in [0, 0.1) is 0 Å². The summed E-state index contributed by atoms with van der Waals surface area (Å²) in [4.78, 5) is 22.2. The maximum Gasteiger partial charge on any atom is 0.231 e. The van der Waals surface area contributed by atoms with Crippen molar-refractivity contribution < 1.29 is 4.79 Å². The molecule has 0 saturated carbocycles. The number of hydrogen-bond acceptors (Lipinski definition) is 5. The van der Waals surface area contributed by atoms with Crippen molar-refractivity contribution in [1.82, 2.24) is 19.9 Å². The van der Waals surface area contributed by atoms with Gasteiger partial charge in [0.05, 0.1) is 16.8 Å². The minimum absolute atomic E-state index is 0.0641. The molecule has 0 aliphatic carbocycles. The first kappa shape index (κ1) is 20.5. The van der Waals surface area contributed by atoms with E-state index in [-0.39, 0.29) is 17.7 Å². The van der Waals surface area contributed by atoms with E-state index in [1.54, 1.807) is 6.20 Å². The average molecular weight is 457 g/mol. The molecule has 0 aliphatic rings. The van der Waals surface area contributed by atoms with E-state index in [0.717, 1.165) is 32.4 Å². The van der Waals surface area contributed by atoms with Crippen LogP contribution >= 0.6 is 23.1 Å². The first-order chi connectivity index (χ1) is 15.8. The fraction of sp³-hybridized carbons (Fsp3) is 0.0800. The van der Waals surface area contributed by atoms with Crippen molar-refractivity contribution in [2.75, 3.05) is 5.75 Å². The van der Waals surface area contributed by atoms with Crippen LogP contribution in [0.5, 0.6) is 0 Å². The highest BCUT2D eigenvalue weighted by Crippen LogP contribution is 2.29. The van der Waals surface area contributed by atoms with Gasteiger partial charge in [-0.2, -0.15) is 0 Å². The van der Waals surface area contributed by atoms with Crippen LogP contribution in [0.3, 0.4) is 0 Å². The van der Waals surface area contributed by atoms with E-state index < -0.39 is 0 Å². The highest BCUT2D eigenvalue weighted by molar-refractivity contribution is 7.99. The number of benzene rings is 3. The number of imidazole rings is 1. The Hall–Kier alpha value is -3.42. The van der Waals surface area contributed by atoms with E-state index in [2.05, 4.69) is 14.9 Å². The van der Waals surface area contributed by atoms with Crippen molar-refractivity contribution in [3.8, 4) is 5.69 Å². The number of hydrogen-bond donors (Lipinski definition) is 1. The van der Waals surface area contributed by atoms with Crippen LogP contribution < -0.4 is 5.32 Å². The standard InChI is InChI=1S/C25H20N4OS2/c30-22(28-23(24-26-15-16-31-24)18-9-3-1-4-10-18)17-32-25-27-20-13-7-8-14-21(20)29(25)19-11-5-2-6-12-19/h1-16,23H,17H2,(H,28,30). The van der Waals surface area contributed by atoms with Gasteiger partial charge >= 0.3 is 0 Å². The second kappa shape index (κ2) is 9.38. The van der Waals surface area contributed by atoms with Crippen molar-refractivity contribution >= 4 is 40.0 Å². The van der Waals surface area contributed by atoms with Crippen LogP contribution in [0.4, 0.5) is 0 Å². The summed E-state index contributed by atoms with van der Waals surface area (Å²) in [5, 5.41) is 6.73. The number of carbonyl (C=O) groups excluding carboxylic acids is 1. The molecule has 5 rings (SSSR count). The molecule has 7 heteroatoms. The number of rotatable bonds is 7. The number of para-hydroxylation sites is 3. The highest BCUT2D eigenvalue weighted by atomic mass is 32.2. The van der Waals surface area contributed by atoms with Gasteiger partial charge in [-0.05, 0) is 29.8 Å². The van der Waals surface area contributed by atoms with E-state index in [1.165, 1.54) is 23.1 Å². The lowest BCUT2D eigenvalue weighted by Gasteiger charge is -2.17. The Morgan fingerprint density at radius 2 is 1.69 bits per heavy atom. The number of amides is 1. The summed E-state index contributed by atoms with van der Waals surface area (Å²) in [5.74, 6) is 0.191. The maximum atomic E-state index is 13.0. The normalized spacial score (nSPS) is 12.0. The van der Waals surface area contributed by atoms with Crippen molar-refractivity contribution in [2.45, 2.75) is 11.2 Å². The molecule has 0 radical (unpaired) electrons. The summed E-state index contributed by atoms with van der Waals surface area (Å²) in [6.07, 6.45) is 1.76. The first-order valence-electron chi connectivity index (χ1n) is 10.2. The number of thiazole rings is 1. The van der Waals surface area contributed by atoms with Gasteiger partial charge in [-0.15, -0.1) is 11.3 Å². The third-order valence-corrected chi connectivity index (χ3v) is 6.79. The lowest BCUT2D eigenvalue weighted by molar-refractivity contribution is -0.119. The van der Waals surface area contributed by atoms with Crippen molar-refractivity contribution in [2.24, 2.45) is 0 Å². The Labute approximate surface area is 194 Å². The number of carbonyl (C=O) groups is 1. The molecule has 1 N–H and O–H groups in total. The Balaban J connectivity index is 1.38. The molecule has 1 amide bonds. The quantitative estimate of drug-likeness (QED) is 0.330. The first-order valence-corrected chi connectivity index (χ1v) is 12.1. The molecule has 5 aromatic rings. The van der Waals surface area contributed by atoms with Crippen LogP contribution in [-0.4, -0.2) is 26.2 Å². The lowest BCUT2D eigenvalue weighted by Crippen LogP contribution is -2.30. The summed E-state index contributed by atoms with van der Waals surface area (Å²) in [7, 11) is 0. The number of nitrogens with zero attached hydrogens (tertiary/aromatic N) is 3. The monoisotopic (exact) mass is 456 g/mol.